The summed E-state index contributed by atoms with van der Waals surface area (Å²) in [6.45, 7) is 1.92. The maximum Gasteiger partial charge on any atom is 0.254 e. The number of hydrogen-bond acceptors (Lipinski definition) is 2. The first-order valence-electron chi connectivity index (χ1n) is 10.1. The van der Waals surface area contributed by atoms with Crippen molar-refractivity contribution in [2.75, 3.05) is 0 Å². The van der Waals surface area contributed by atoms with Gasteiger partial charge in [0.15, 0.2) is 0 Å². The molecule has 2 aromatic carbocycles. The van der Waals surface area contributed by atoms with E-state index in [2.05, 4.69) is 0 Å². The molecule has 2 heterocycles. The molecule has 4 rings (SSSR count). The summed E-state index contributed by atoms with van der Waals surface area (Å²) in [4.78, 5) is 13.0. The van der Waals surface area contributed by atoms with Crippen LogP contribution < -0.4 is 11.3 Å². The summed E-state index contributed by atoms with van der Waals surface area (Å²) < 4.78 is 44.3. The van der Waals surface area contributed by atoms with Gasteiger partial charge in [0.1, 0.15) is 17.5 Å². The molecule has 0 fully saturated rings. The Morgan fingerprint density at radius 2 is 1.77 bits per heavy atom. The number of aromatic nitrogens is 1. The summed E-state index contributed by atoms with van der Waals surface area (Å²) in [6.07, 6.45) is 2.22. The molecule has 0 bridgehead atoms. The highest BCUT2D eigenvalue weighted by molar-refractivity contribution is 5.65. The number of pyridine rings is 1. The zero-order chi connectivity index (χ0) is 21.4. The Morgan fingerprint density at radius 3 is 2.47 bits per heavy atom. The molecule has 1 aliphatic rings. The van der Waals surface area contributed by atoms with Gasteiger partial charge in [0.05, 0.1) is 6.04 Å². The van der Waals surface area contributed by atoms with E-state index in [0.29, 0.717) is 30.4 Å². The van der Waals surface area contributed by atoms with Crippen LogP contribution in [-0.4, -0.2) is 10.6 Å². The van der Waals surface area contributed by atoms with Gasteiger partial charge in [-0.3, -0.25) is 4.79 Å². The maximum atomic E-state index is 15.4. The zero-order valence-electron chi connectivity index (χ0n) is 16.7. The molecule has 2 atom stereocenters. The second kappa shape index (κ2) is 8.11. The minimum Gasteiger partial charge on any atom is -0.326 e. The lowest BCUT2D eigenvalue weighted by Crippen LogP contribution is -2.44. The fourth-order valence-corrected chi connectivity index (χ4v) is 4.31. The largest absolute Gasteiger partial charge is 0.326 e. The van der Waals surface area contributed by atoms with E-state index in [4.69, 9.17) is 5.73 Å². The number of hydrogen-bond donors (Lipinski definition) is 1. The Morgan fingerprint density at radius 1 is 1.03 bits per heavy atom. The fraction of sp³-hybridized carbons (Fsp3) is 0.292. The summed E-state index contributed by atoms with van der Waals surface area (Å²) in [5, 5.41) is 0. The minimum atomic E-state index is -0.767. The van der Waals surface area contributed by atoms with Gasteiger partial charge in [-0.1, -0.05) is 31.2 Å². The first-order chi connectivity index (χ1) is 14.4. The molecule has 0 aliphatic carbocycles. The topological polar surface area (TPSA) is 48.0 Å². The van der Waals surface area contributed by atoms with Gasteiger partial charge in [-0.2, -0.15) is 0 Å². The third kappa shape index (κ3) is 3.67. The lowest BCUT2D eigenvalue weighted by atomic mass is 9.89. The third-order valence-electron chi connectivity index (χ3n) is 5.90. The van der Waals surface area contributed by atoms with Crippen molar-refractivity contribution in [1.29, 1.82) is 0 Å². The molecular weight excluding hydrogens is 389 g/mol. The number of halogens is 3. The van der Waals surface area contributed by atoms with Crippen molar-refractivity contribution in [3.05, 3.63) is 93.2 Å². The molecule has 0 amide bonds. The Hall–Kier alpha value is -2.86. The SMILES string of the molecule is CCc1ccc2n(c1=O)C(Cc1cccc(-c3cc(F)cc(F)c3)c1F)C(N)CC2. The average Bonchev–Trinajstić information content (AvgIpc) is 2.71. The molecule has 0 saturated carbocycles. The van der Waals surface area contributed by atoms with Gasteiger partial charge in [0.25, 0.3) is 5.56 Å². The quantitative estimate of drug-likeness (QED) is 0.683. The predicted octanol–water partition coefficient (Wildman–Crippen LogP) is 4.55. The van der Waals surface area contributed by atoms with Gasteiger partial charge >= 0.3 is 0 Å². The molecule has 2 unspecified atom stereocenters. The molecule has 3 nitrogen and oxygen atoms in total. The number of nitrogens with zero attached hydrogens (tertiary/aromatic N) is 1. The van der Waals surface area contributed by atoms with Crippen molar-refractivity contribution >= 4 is 0 Å². The Kier molecular flexibility index (Phi) is 5.52. The first-order valence-corrected chi connectivity index (χ1v) is 10.1. The molecule has 0 radical (unpaired) electrons. The number of rotatable bonds is 4. The Bertz CT molecular complexity index is 1140. The molecule has 0 spiro atoms. The van der Waals surface area contributed by atoms with Crippen molar-refractivity contribution in [2.24, 2.45) is 5.73 Å². The van der Waals surface area contributed by atoms with Crippen molar-refractivity contribution in [1.82, 2.24) is 4.57 Å². The van der Waals surface area contributed by atoms with Gasteiger partial charge in [-0.05, 0) is 55.0 Å². The van der Waals surface area contributed by atoms with Gasteiger partial charge in [0, 0.05) is 28.9 Å². The van der Waals surface area contributed by atoms with Crippen molar-refractivity contribution < 1.29 is 13.2 Å². The molecular formula is C24H23F3N2O. The zero-order valence-corrected chi connectivity index (χ0v) is 16.7. The van der Waals surface area contributed by atoms with Gasteiger partial charge in [-0.15, -0.1) is 0 Å². The van der Waals surface area contributed by atoms with E-state index in [1.165, 1.54) is 6.07 Å². The molecule has 0 saturated heterocycles. The van der Waals surface area contributed by atoms with Crippen LogP contribution in [0.3, 0.4) is 0 Å². The van der Waals surface area contributed by atoms with Crippen molar-refractivity contribution in [2.45, 2.75) is 44.7 Å². The first kappa shape index (κ1) is 20.4. The lowest BCUT2D eigenvalue weighted by Gasteiger charge is -2.33. The molecule has 2 N–H and O–H groups in total. The highest BCUT2D eigenvalue weighted by Gasteiger charge is 2.29. The standard InChI is InChI=1S/C24H23F3N2O/c1-2-14-6-7-19-8-9-21(28)22(29(19)24(14)30)12-15-4-3-5-20(23(15)27)16-10-17(25)13-18(26)11-16/h3-7,10-11,13,21-22H,2,8-9,12,28H2,1H3. The summed E-state index contributed by atoms with van der Waals surface area (Å²) in [7, 11) is 0. The van der Waals surface area contributed by atoms with E-state index in [1.807, 2.05) is 19.1 Å². The van der Waals surface area contributed by atoms with Crippen LogP contribution in [0.15, 0.2) is 53.3 Å². The number of fused-ring (bicyclic) bond motifs is 1. The van der Waals surface area contributed by atoms with Crippen LogP contribution in [0, 0.1) is 17.5 Å². The normalized spacial score (nSPS) is 18.3. The van der Waals surface area contributed by atoms with Crippen LogP contribution in [0.1, 0.15) is 36.2 Å². The number of nitrogens with two attached hydrogens (primary N) is 1. The monoisotopic (exact) mass is 412 g/mol. The average molecular weight is 412 g/mol. The molecule has 3 aromatic rings. The van der Waals surface area contributed by atoms with E-state index >= 15 is 4.39 Å². The third-order valence-corrected chi connectivity index (χ3v) is 5.90. The Labute approximate surface area is 173 Å². The number of aryl methyl sites for hydroxylation is 2. The van der Waals surface area contributed by atoms with Crippen LogP contribution in [-0.2, 0) is 19.3 Å². The maximum absolute atomic E-state index is 15.4. The van der Waals surface area contributed by atoms with E-state index < -0.39 is 17.5 Å². The molecule has 1 aromatic heterocycles. The van der Waals surface area contributed by atoms with Gasteiger partial charge in [-0.25, -0.2) is 13.2 Å². The van der Waals surface area contributed by atoms with Gasteiger partial charge < -0.3 is 10.3 Å². The van der Waals surface area contributed by atoms with E-state index in [1.54, 1.807) is 16.7 Å². The van der Waals surface area contributed by atoms with Crippen molar-refractivity contribution in [3.63, 3.8) is 0 Å². The van der Waals surface area contributed by atoms with Crippen LogP contribution in [0.5, 0.6) is 0 Å². The molecule has 156 valence electrons. The van der Waals surface area contributed by atoms with E-state index in [-0.39, 0.29) is 35.2 Å². The summed E-state index contributed by atoms with van der Waals surface area (Å²) in [6, 6.07) is 10.8. The molecule has 30 heavy (non-hydrogen) atoms. The van der Waals surface area contributed by atoms with Crippen LogP contribution in [0.4, 0.5) is 13.2 Å². The van der Waals surface area contributed by atoms with Crippen molar-refractivity contribution in [3.8, 4) is 11.1 Å². The smallest absolute Gasteiger partial charge is 0.254 e. The second-order valence-corrected chi connectivity index (χ2v) is 7.79. The summed E-state index contributed by atoms with van der Waals surface area (Å²) in [5.41, 5.74) is 8.47. The van der Waals surface area contributed by atoms with Gasteiger partial charge in [0.2, 0.25) is 0 Å². The molecule has 1 aliphatic heterocycles. The van der Waals surface area contributed by atoms with Crippen LogP contribution >= 0.6 is 0 Å². The highest BCUT2D eigenvalue weighted by atomic mass is 19.1. The van der Waals surface area contributed by atoms with Crippen LogP contribution in [0.25, 0.3) is 11.1 Å². The van der Waals surface area contributed by atoms with E-state index in [9.17, 15) is 13.6 Å². The minimum absolute atomic E-state index is 0.0843. The molecule has 6 heteroatoms. The second-order valence-electron chi connectivity index (χ2n) is 7.79. The lowest BCUT2D eigenvalue weighted by molar-refractivity contribution is 0.331. The van der Waals surface area contributed by atoms with E-state index in [0.717, 1.165) is 23.9 Å². The highest BCUT2D eigenvalue weighted by Crippen LogP contribution is 2.31. The predicted molar refractivity (Wildman–Crippen MR) is 111 cm³/mol. The fourth-order valence-electron chi connectivity index (χ4n) is 4.31. The number of benzene rings is 2. The Balaban J connectivity index is 1.77. The summed E-state index contributed by atoms with van der Waals surface area (Å²) >= 11 is 0. The van der Waals surface area contributed by atoms with Crippen LogP contribution in [0.2, 0.25) is 0 Å². The summed E-state index contributed by atoms with van der Waals surface area (Å²) in [5.74, 6) is -2.09.